The second-order valence-electron chi connectivity index (χ2n) is 5.64. The summed E-state index contributed by atoms with van der Waals surface area (Å²) in [6.45, 7) is 3.88. The largest absolute Gasteiger partial charge is 0.460 e. The summed E-state index contributed by atoms with van der Waals surface area (Å²) in [5.41, 5.74) is 1.83. The third-order valence-corrected chi connectivity index (χ3v) is 6.32. The molecular formula is C16H19ClO2S. The monoisotopic (exact) mass is 310 g/mol. The summed E-state index contributed by atoms with van der Waals surface area (Å²) < 4.78 is 18.8. The van der Waals surface area contributed by atoms with Crippen LogP contribution < -0.4 is 0 Å². The zero-order valence-corrected chi connectivity index (χ0v) is 13.4. The maximum absolute atomic E-state index is 12.9. The molecule has 1 atom stereocenters. The zero-order valence-electron chi connectivity index (χ0n) is 11.9. The zero-order chi connectivity index (χ0) is 14.3. The van der Waals surface area contributed by atoms with Gasteiger partial charge in [-0.15, -0.1) is 0 Å². The summed E-state index contributed by atoms with van der Waals surface area (Å²) in [6, 6.07) is 3.77. The van der Waals surface area contributed by atoms with Crippen molar-refractivity contribution in [3.63, 3.8) is 0 Å². The fraction of sp³-hybridized carbons (Fsp3) is 0.500. The predicted octanol–water partition coefficient (Wildman–Crippen LogP) is 5.14. The lowest BCUT2D eigenvalue weighted by Crippen LogP contribution is -2.19. The van der Waals surface area contributed by atoms with E-state index in [1.165, 1.54) is 19.3 Å². The van der Waals surface area contributed by atoms with Gasteiger partial charge in [0.05, 0.1) is 15.7 Å². The number of benzene rings is 1. The molecule has 3 rings (SSSR count). The molecule has 0 amide bonds. The maximum Gasteiger partial charge on any atom is 0.138 e. The second kappa shape index (κ2) is 5.53. The van der Waals surface area contributed by atoms with Crippen molar-refractivity contribution >= 4 is 33.4 Å². The summed E-state index contributed by atoms with van der Waals surface area (Å²) in [5.74, 6) is 0.772. The lowest BCUT2D eigenvalue weighted by atomic mass is 10.0. The maximum atomic E-state index is 12.9. The average Bonchev–Trinajstić information content (AvgIpc) is 2.76. The smallest absolute Gasteiger partial charge is 0.138 e. The van der Waals surface area contributed by atoms with Gasteiger partial charge in [0.25, 0.3) is 0 Å². The second-order valence-corrected chi connectivity index (χ2v) is 7.75. The van der Waals surface area contributed by atoms with Crippen LogP contribution >= 0.6 is 11.6 Å². The minimum atomic E-state index is -0.994. The quantitative estimate of drug-likeness (QED) is 0.768. The normalized spacial score (nSPS) is 18.6. The molecule has 1 aromatic carbocycles. The van der Waals surface area contributed by atoms with Crippen LogP contribution in [0, 0.1) is 13.8 Å². The van der Waals surface area contributed by atoms with Crippen molar-refractivity contribution in [2.75, 3.05) is 0 Å². The van der Waals surface area contributed by atoms with E-state index in [1.54, 1.807) is 0 Å². The van der Waals surface area contributed by atoms with Gasteiger partial charge in [-0.1, -0.05) is 30.9 Å². The Kier molecular flexibility index (Phi) is 3.91. The van der Waals surface area contributed by atoms with Crippen LogP contribution in [0.3, 0.4) is 0 Å². The number of fused-ring (bicyclic) bond motifs is 1. The number of hydrogen-bond donors (Lipinski definition) is 0. The molecule has 0 N–H and O–H groups in total. The molecule has 4 heteroatoms. The van der Waals surface area contributed by atoms with Gasteiger partial charge < -0.3 is 4.42 Å². The van der Waals surface area contributed by atoms with Crippen molar-refractivity contribution in [2.24, 2.45) is 0 Å². The minimum Gasteiger partial charge on any atom is -0.460 e. The highest BCUT2D eigenvalue weighted by atomic mass is 35.5. The van der Waals surface area contributed by atoms with E-state index in [9.17, 15) is 4.21 Å². The molecule has 0 radical (unpaired) electrons. The number of furan rings is 1. The van der Waals surface area contributed by atoms with Crippen LogP contribution in [0.25, 0.3) is 11.0 Å². The topological polar surface area (TPSA) is 30.2 Å². The van der Waals surface area contributed by atoms with Crippen LogP contribution in [0.4, 0.5) is 0 Å². The first-order valence-electron chi connectivity index (χ1n) is 7.17. The number of hydrogen-bond acceptors (Lipinski definition) is 2. The molecule has 0 aliphatic heterocycles. The Morgan fingerprint density at radius 1 is 1.20 bits per heavy atom. The van der Waals surface area contributed by atoms with Gasteiger partial charge in [-0.05, 0) is 44.4 Å². The summed E-state index contributed by atoms with van der Waals surface area (Å²) in [7, 11) is -0.994. The highest BCUT2D eigenvalue weighted by Gasteiger charge is 2.26. The Morgan fingerprint density at radius 2 is 1.90 bits per heavy atom. The minimum absolute atomic E-state index is 0.266. The first-order valence-corrected chi connectivity index (χ1v) is 8.77. The Morgan fingerprint density at radius 3 is 2.60 bits per heavy atom. The molecule has 0 saturated heterocycles. The Balaban J connectivity index is 2.10. The van der Waals surface area contributed by atoms with Crippen molar-refractivity contribution in [1.82, 2.24) is 0 Å². The Labute approximate surface area is 126 Å². The van der Waals surface area contributed by atoms with Gasteiger partial charge in [-0.25, -0.2) is 0 Å². The lowest BCUT2D eigenvalue weighted by Gasteiger charge is -2.20. The molecule has 1 aromatic heterocycles. The van der Waals surface area contributed by atoms with Crippen LogP contribution in [-0.4, -0.2) is 9.46 Å². The number of aryl methyl sites for hydroxylation is 2. The van der Waals surface area contributed by atoms with E-state index in [1.807, 2.05) is 26.0 Å². The van der Waals surface area contributed by atoms with E-state index in [0.717, 1.165) is 40.0 Å². The standard InChI is InChI=1S/C16H19ClO2S/c1-10-8-12(17)9-14-15(10)19-11(2)16(14)20(18)13-6-4-3-5-7-13/h8-9,13H,3-7H2,1-2H3/t20-/m0/s1. The molecule has 1 heterocycles. The third-order valence-electron chi connectivity index (χ3n) is 4.12. The Bertz CT molecular complexity index is 669. The van der Waals surface area contributed by atoms with E-state index in [-0.39, 0.29) is 5.25 Å². The molecule has 0 bridgehead atoms. The highest BCUT2D eigenvalue weighted by molar-refractivity contribution is 7.86. The van der Waals surface area contributed by atoms with Crippen LogP contribution in [0.2, 0.25) is 5.02 Å². The van der Waals surface area contributed by atoms with E-state index in [2.05, 4.69) is 0 Å². The van der Waals surface area contributed by atoms with Gasteiger partial charge in [0, 0.05) is 15.7 Å². The van der Waals surface area contributed by atoms with Crippen molar-refractivity contribution in [1.29, 1.82) is 0 Å². The molecule has 20 heavy (non-hydrogen) atoms. The molecule has 2 aromatic rings. The predicted molar refractivity (Wildman–Crippen MR) is 84.0 cm³/mol. The summed E-state index contributed by atoms with van der Waals surface area (Å²) >= 11 is 6.16. The molecular weight excluding hydrogens is 292 g/mol. The third kappa shape index (κ3) is 2.42. The van der Waals surface area contributed by atoms with Crippen molar-refractivity contribution < 1.29 is 8.63 Å². The fourth-order valence-electron chi connectivity index (χ4n) is 3.12. The van der Waals surface area contributed by atoms with E-state index < -0.39 is 10.8 Å². The van der Waals surface area contributed by atoms with Gasteiger partial charge in [-0.2, -0.15) is 0 Å². The lowest BCUT2D eigenvalue weighted by molar-refractivity contribution is 0.503. The summed E-state index contributed by atoms with van der Waals surface area (Å²) in [4.78, 5) is 0.859. The first-order chi connectivity index (χ1) is 9.58. The van der Waals surface area contributed by atoms with Crippen LogP contribution in [0.15, 0.2) is 21.4 Å². The van der Waals surface area contributed by atoms with Gasteiger partial charge in [-0.3, -0.25) is 4.21 Å². The molecule has 1 aliphatic rings. The van der Waals surface area contributed by atoms with E-state index >= 15 is 0 Å². The fourth-order valence-corrected chi connectivity index (χ4v) is 5.18. The van der Waals surface area contributed by atoms with Crippen LogP contribution in [0.1, 0.15) is 43.4 Å². The highest BCUT2D eigenvalue weighted by Crippen LogP contribution is 2.36. The van der Waals surface area contributed by atoms with Gasteiger partial charge in [0.15, 0.2) is 0 Å². The van der Waals surface area contributed by atoms with Gasteiger partial charge in [0.2, 0.25) is 0 Å². The average molecular weight is 311 g/mol. The van der Waals surface area contributed by atoms with Crippen molar-refractivity contribution in [3.8, 4) is 0 Å². The van der Waals surface area contributed by atoms with Crippen LogP contribution in [0.5, 0.6) is 0 Å². The first kappa shape index (κ1) is 14.2. The number of halogens is 1. The van der Waals surface area contributed by atoms with Crippen molar-refractivity contribution in [3.05, 3.63) is 28.5 Å². The van der Waals surface area contributed by atoms with Gasteiger partial charge in [0.1, 0.15) is 11.3 Å². The van der Waals surface area contributed by atoms with E-state index in [0.29, 0.717) is 5.02 Å². The SMILES string of the molecule is Cc1oc2c(C)cc(Cl)cc2c1[S@@](=O)C1CCCCC1. The van der Waals surface area contributed by atoms with E-state index in [4.69, 9.17) is 16.0 Å². The molecule has 108 valence electrons. The summed E-state index contributed by atoms with van der Waals surface area (Å²) in [6.07, 6.45) is 5.75. The van der Waals surface area contributed by atoms with Crippen molar-refractivity contribution in [2.45, 2.75) is 56.1 Å². The molecule has 1 fully saturated rings. The molecule has 1 saturated carbocycles. The van der Waals surface area contributed by atoms with Gasteiger partial charge >= 0.3 is 0 Å². The number of rotatable bonds is 2. The molecule has 0 unspecified atom stereocenters. The molecule has 1 aliphatic carbocycles. The molecule has 2 nitrogen and oxygen atoms in total. The van der Waals surface area contributed by atoms with Crippen LogP contribution in [-0.2, 0) is 10.8 Å². The molecule has 0 spiro atoms. The Hall–Kier alpha value is -0.800. The summed E-state index contributed by atoms with van der Waals surface area (Å²) in [5, 5.41) is 1.87.